The molecule has 0 saturated carbocycles. The molecule has 0 atom stereocenters. The molecule has 0 spiro atoms. The Labute approximate surface area is 220 Å². The van der Waals surface area contributed by atoms with Crippen molar-refractivity contribution >= 4 is 45.0 Å². The van der Waals surface area contributed by atoms with Crippen LogP contribution < -0.4 is 4.90 Å². The number of anilines is 1. The number of hydrogen-bond acceptors (Lipinski definition) is 6. The Morgan fingerprint density at radius 2 is 1.72 bits per heavy atom. The molecule has 1 aliphatic heterocycles. The molecular formula is C25H26Cl2N6O2S. The number of fused-ring (bicyclic) bond motifs is 1. The normalized spacial score (nSPS) is 15.0. The van der Waals surface area contributed by atoms with E-state index in [9.17, 15) is 8.42 Å². The summed E-state index contributed by atoms with van der Waals surface area (Å²) in [6.07, 6.45) is 4.81. The van der Waals surface area contributed by atoms with Crippen molar-refractivity contribution in [2.75, 3.05) is 31.1 Å². The van der Waals surface area contributed by atoms with Gasteiger partial charge >= 0.3 is 0 Å². The van der Waals surface area contributed by atoms with Crippen molar-refractivity contribution in [3.63, 3.8) is 0 Å². The number of rotatable bonds is 7. The first-order valence-electron chi connectivity index (χ1n) is 11.9. The second kappa shape index (κ2) is 10.3. The van der Waals surface area contributed by atoms with Gasteiger partial charge in [-0.2, -0.15) is 13.8 Å². The highest BCUT2D eigenvalue weighted by Crippen LogP contribution is 2.31. The second-order valence-corrected chi connectivity index (χ2v) is 11.5. The monoisotopic (exact) mass is 544 g/mol. The van der Waals surface area contributed by atoms with Crippen molar-refractivity contribution in [3.8, 4) is 11.3 Å². The van der Waals surface area contributed by atoms with Gasteiger partial charge in [-0.05, 0) is 54.8 Å². The first-order valence-corrected chi connectivity index (χ1v) is 14.1. The van der Waals surface area contributed by atoms with Crippen LogP contribution in [0.1, 0.15) is 25.3 Å². The van der Waals surface area contributed by atoms with Gasteiger partial charge in [0.15, 0.2) is 0 Å². The summed E-state index contributed by atoms with van der Waals surface area (Å²) < 4.78 is 29.6. The highest BCUT2D eigenvalue weighted by molar-refractivity contribution is 7.89. The highest BCUT2D eigenvalue weighted by Gasteiger charge is 2.30. The van der Waals surface area contributed by atoms with Crippen molar-refractivity contribution in [2.45, 2.75) is 31.1 Å². The molecule has 8 nitrogen and oxygen atoms in total. The van der Waals surface area contributed by atoms with Crippen LogP contribution in [0.3, 0.4) is 0 Å². The molecule has 1 fully saturated rings. The van der Waals surface area contributed by atoms with Gasteiger partial charge in [0, 0.05) is 43.0 Å². The lowest BCUT2D eigenvalue weighted by Gasteiger charge is -2.33. The van der Waals surface area contributed by atoms with Crippen molar-refractivity contribution in [1.29, 1.82) is 0 Å². The van der Waals surface area contributed by atoms with E-state index in [0.717, 1.165) is 36.1 Å². The summed E-state index contributed by atoms with van der Waals surface area (Å²) in [4.78, 5) is 11.2. The summed E-state index contributed by atoms with van der Waals surface area (Å²) in [5, 5.41) is 5.77. The fraction of sp³-hybridized carbons (Fsp3) is 0.320. The third-order valence-corrected chi connectivity index (χ3v) is 8.81. The number of nitrogens with zero attached hydrogens (tertiary/aromatic N) is 6. The SMILES string of the molecule is CCCCc1ccc(S(=O)(=O)N2CCN(c3nc4nccc(-c5cc(Cl)ccc5Cl)n4n3)CC2)cc1. The first kappa shape index (κ1) is 25.0. The Morgan fingerprint density at radius 1 is 0.972 bits per heavy atom. The number of aromatic nitrogens is 4. The maximum atomic E-state index is 13.2. The average Bonchev–Trinajstić information content (AvgIpc) is 3.34. The van der Waals surface area contributed by atoms with Crippen LogP contribution in [0.4, 0.5) is 5.95 Å². The molecule has 0 radical (unpaired) electrons. The van der Waals surface area contributed by atoms with Gasteiger partial charge in [-0.1, -0.05) is 48.7 Å². The van der Waals surface area contributed by atoms with E-state index in [1.54, 1.807) is 47.1 Å². The zero-order valence-electron chi connectivity index (χ0n) is 19.8. The highest BCUT2D eigenvalue weighted by atomic mass is 35.5. The molecule has 0 amide bonds. The fourth-order valence-electron chi connectivity index (χ4n) is 4.30. The van der Waals surface area contributed by atoms with Gasteiger partial charge < -0.3 is 4.90 Å². The fourth-order valence-corrected chi connectivity index (χ4v) is 6.11. The van der Waals surface area contributed by atoms with Crippen LogP contribution >= 0.6 is 23.2 Å². The summed E-state index contributed by atoms with van der Waals surface area (Å²) in [6.45, 7) is 3.77. The number of benzene rings is 2. The quantitative estimate of drug-likeness (QED) is 0.327. The van der Waals surface area contributed by atoms with Crippen LogP contribution in [-0.2, 0) is 16.4 Å². The molecule has 2 aromatic heterocycles. The molecule has 36 heavy (non-hydrogen) atoms. The van der Waals surface area contributed by atoms with Crippen molar-refractivity contribution in [1.82, 2.24) is 23.9 Å². The molecule has 0 bridgehead atoms. The van der Waals surface area contributed by atoms with Crippen molar-refractivity contribution in [2.24, 2.45) is 0 Å². The van der Waals surface area contributed by atoms with Gasteiger partial charge in [0.05, 0.1) is 15.6 Å². The molecule has 4 aromatic rings. The Balaban J connectivity index is 1.33. The van der Waals surface area contributed by atoms with Crippen LogP contribution in [0.5, 0.6) is 0 Å². The number of halogens is 2. The largest absolute Gasteiger partial charge is 0.337 e. The first-order chi connectivity index (χ1) is 17.4. The Hall–Kier alpha value is -2.72. The zero-order chi connectivity index (χ0) is 25.3. The molecule has 2 aromatic carbocycles. The average molecular weight is 545 g/mol. The maximum absolute atomic E-state index is 13.2. The lowest BCUT2D eigenvalue weighted by Crippen LogP contribution is -2.49. The molecule has 0 unspecified atom stereocenters. The molecular weight excluding hydrogens is 519 g/mol. The van der Waals surface area contributed by atoms with E-state index in [2.05, 4.69) is 22.0 Å². The molecule has 188 valence electrons. The molecule has 1 saturated heterocycles. The van der Waals surface area contributed by atoms with Crippen LogP contribution in [0.25, 0.3) is 17.0 Å². The van der Waals surface area contributed by atoms with Gasteiger partial charge in [0.1, 0.15) is 0 Å². The standard InChI is InChI=1S/C25H26Cl2N6O2S/c1-2-3-4-18-5-8-20(9-6-18)36(34,35)32-15-13-31(14-16-32)25-29-24-28-12-11-23(33(24)30-25)21-17-19(26)7-10-22(21)27/h5-12,17H,2-4,13-16H2,1H3. The molecule has 11 heteroatoms. The lowest BCUT2D eigenvalue weighted by atomic mass is 10.1. The number of hydrogen-bond donors (Lipinski definition) is 0. The number of piperazine rings is 1. The van der Waals surface area contributed by atoms with Gasteiger partial charge in [-0.15, -0.1) is 5.10 Å². The van der Waals surface area contributed by atoms with Gasteiger partial charge in [0.2, 0.25) is 16.0 Å². The summed E-state index contributed by atoms with van der Waals surface area (Å²) in [7, 11) is -3.56. The van der Waals surface area contributed by atoms with Crippen LogP contribution in [0.2, 0.25) is 10.0 Å². The van der Waals surface area contributed by atoms with Crippen molar-refractivity contribution in [3.05, 3.63) is 70.3 Å². The third kappa shape index (κ3) is 4.93. The van der Waals surface area contributed by atoms with Gasteiger partial charge in [-0.25, -0.2) is 13.4 Å². The maximum Gasteiger partial charge on any atom is 0.254 e. The third-order valence-electron chi connectivity index (χ3n) is 6.34. The van der Waals surface area contributed by atoms with E-state index in [-0.39, 0.29) is 0 Å². The number of sulfonamides is 1. The van der Waals surface area contributed by atoms with E-state index in [1.165, 1.54) is 4.31 Å². The Morgan fingerprint density at radius 3 is 2.44 bits per heavy atom. The minimum atomic E-state index is -3.56. The Bertz CT molecular complexity index is 1480. The lowest BCUT2D eigenvalue weighted by molar-refractivity contribution is 0.382. The van der Waals surface area contributed by atoms with Gasteiger partial charge in [-0.3, -0.25) is 0 Å². The Kier molecular flexibility index (Phi) is 7.16. The van der Waals surface area contributed by atoms with E-state index in [0.29, 0.717) is 52.8 Å². The van der Waals surface area contributed by atoms with Crippen LogP contribution in [0.15, 0.2) is 59.6 Å². The van der Waals surface area contributed by atoms with Crippen molar-refractivity contribution < 1.29 is 8.42 Å². The van der Waals surface area contributed by atoms with E-state index >= 15 is 0 Å². The summed E-state index contributed by atoms with van der Waals surface area (Å²) >= 11 is 12.6. The molecule has 0 N–H and O–H groups in total. The van der Waals surface area contributed by atoms with Crippen LogP contribution in [0, 0.1) is 0 Å². The van der Waals surface area contributed by atoms with E-state index in [1.807, 2.05) is 17.0 Å². The summed E-state index contributed by atoms with van der Waals surface area (Å²) in [6, 6.07) is 14.3. The predicted molar refractivity (Wildman–Crippen MR) is 142 cm³/mol. The van der Waals surface area contributed by atoms with E-state index in [4.69, 9.17) is 23.2 Å². The molecule has 5 rings (SSSR count). The minimum absolute atomic E-state index is 0.328. The number of aryl methyl sites for hydroxylation is 1. The molecule has 3 heterocycles. The second-order valence-electron chi connectivity index (χ2n) is 8.72. The topological polar surface area (TPSA) is 83.7 Å². The van der Waals surface area contributed by atoms with E-state index < -0.39 is 10.0 Å². The summed E-state index contributed by atoms with van der Waals surface area (Å²) in [5.74, 6) is 0.919. The minimum Gasteiger partial charge on any atom is -0.337 e. The smallest absolute Gasteiger partial charge is 0.254 e. The molecule has 0 aliphatic carbocycles. The predicted octanol–water partition coefficient (Wildman–Crippen LogP) is 4.95. The number of unbranched alkanes of at least 4 members (excludes halogenated alkanes) is 1. The van der Waals surface area contributed by atoms with Crippen LogP contribution in [-0.4, -0.2) is 58.5 Å². The summed E-state index contributed by atoms with van der Waals surface area (Å²) in [5.41, 5.74) is 2.60. The molecule has 1 aliphatic rings. The van der Waals surface area contributed by atoms with Gasteiger partial charge in [0.25, 0.3) is 5.78 Å². The zero-order valence-corrected chi connectivity index (χ0v) is 22.1.